The molecule has 1 N–H and O–H groups in total. The maximum atomic E-state index is 12.8. The third-order valence-corrected chi connectivity index (χ3v) is 8.07. The summed E-state index contributed by atoms with van der Waals surface area (Å²) in [6.07, 6.45) is 3.70. The first-order chi connectivity index (χ1) is 16.8. The average Bonchev–Trinajstić information content (AvgIpc) is 2.85. The Kier molecular flexibility index (Phi) is 8.09. The lowest BCUT2D eigenvalue weighted by Gasteiger charge is -2.47. The normalized spacial score (nSPS) is 25.1. The average molecular weight is 489 g/mol. The zero-order valence-corrected chi connectivity index (χ0v) is 21.5. The zero-order valence-electron chi connectivity index (χ0n) is 21.5. The molecule has 0 aliphatic carbocycles. The fraction of sp³-hybridized carbons (Fsp3) is 0.704. The van der Waals surface area contributed by atoms with E-state index in [2.05, 4.69) is 30.9 Å². The number of likely N-dealkylation sites (tertiary alicyclic amines) is 1. The number of benzene rings is 1. The van der Waals surface area contributed by atoms with Crippen LogP contribution in [0, 0.1) is 23.7 Å². The molecule has 1 aromatic rings. The van der Waals surface area contributed by atoms with Crippen molar-refractivity contribution in [1.82, 2.24) is 9.80 Å². The Balaban J connectivity index is 1.46. The lowest BCUT2D eigenvalue weighted by atomic mass is 9.74. The molecule has 0 spiro atoms. The maximum Gasteiger partial charge on any atom is 0.409 e. The molecule has 8 nitrogen and oxygen atoms in total. The molecule has 3 atom stereocenters. The molecule has 3 aliphatic heterocycles. The number of rotatable bonds is 7. The summed E-state index contributed by atoms with van der Waals surface area (Å²) in [7, 11) is 3.34. The Morgan fingerprint density at radius 1 is 1.06 bits per heavy atom. The summed E-state index contributed by atoms with van der Waals surface area (Å²) >= 11 is 0. The van der Waals surface area contributed by atoms with Crippen LogP contribution in [0.5, 0.6) is 11.5 Å². The Hall–Kier alpha value is -2.48. The van der Waals surface area contributed by atoms with Gasteiger partial charge in [0.25, 0.3) is 0 Å². The summed E-state index contributed by atoms with van der Waals surface area (Å²) in [4.78, 5) is 28.3. The van der Waals surface area contributed by atoms with Crippen molar-refractivity contribution in [3.8, 4) is 11.5 Å². The Labute approximate surface area is 208 Å². The summed E-state index contributed by atoms with van der Waals surface area (Å²) in [5.41, 5.74) is 2.60. The van der Waals surface area contributed by atoms with Crippen LogP contribution in [0.3, 0.4) is 0 Å². The van der Waals surface area contributed by atoms with Crippen molar-refractivity contribution in [2.75, 3.05) is 47.0 Å². The Morgan fingerprint density at radius 2 is 1.74 bits per heavy atom. The minimum absolute atomic E-state index is 0.275. The second-order valence-electron chi connectivity index (χ2n) is 10.7. The molecule has 194 valence electrons. The van der Waals surface area contributed by atoms with Crippen LogP contribution in [0.2, 0.25) is 0 Å². The predicted octanol–water partition coefficient (Wildman–Crippen LogP) is 4.22. The van der Waals surface area contributed by atoms with Crippen molar-refractivity contribution in [2.24, 2.45) is 23.7 Å². The molecule has 1 aromatic carbocycles. The third-order valence-electron chi connectivity index (χ3n) is 8.07. The van der Waals surface area contributed by atoms with E-state index in [4.69, 9.17) is 14.2 Å². The number of hydrogen-bond acceptors (Lipinski definition) is 6. The van der Waals surface area contributed by atoms with Gasteiger partial charge in [0.05, 0.1) is 26.7 Å². The van der Waals surface area contributed by atoms with E-state index in [0.717, 1.165) is 43.9 Å². The summed E-state index contributed by atoms with van der Waals surface area (Å²) in [6, 6.07) is 4.52. The number of piperidine rings is 2. The van der Waals surface area contributed by atoms with E-state index in [9.17, 15) is 14.7 Å². The molecule has 2 saturated heterocycles. The van der Waals surface area contributed by atoms with Gasteiger partial charge >= 0.3 is 12.1 Å². The van der Waals surface area contributed by atoms with Gasteiger partial charge in [-0.25, -0.2) is 4.79 Å². The lowest BCUT2D eigenvalue weighted by molar-refractivity contribution is -0.143. The first-order valence-corrected chi connectivity index (χ1v) is 12.9. The maximum absolute atomic E-state index is 12.8. The first-order valence-electron chi connectivity index (χ1n) is 12.9. The van der Waals surface area contributed by atoms with Gasteiger partial charge in [0.1, 0.15) is 0 Å². The first kappa shape index (κ1) is 25.6. The monoisotopic (exact) mass is 488 g/mol. The van der Waals surface area contributed by atoms with Crippen LogP contribution in [0.15, 0.2) is 12.1 Å². The van der Waals surface area contributed by atoms with Crippen molar-refractivity contribution >= 4 is 12.1 Å². The van der Waals surface area contributed by atoms with Crippen LogP contribution >= 0.6 is 0 Å². The SMILES string of the molecule is COc1cc2c(cc1OC)[C@H]1C[C@@H](COC(=O)N3CCC(C(=O)O)CC3)[C@H](CC(C)C)CN1CC2. The molecule has 3 heterocycles. The van der Waals surface area contributed by atoms with Gasteiger partial charge in [-0.05, 0) is 73.1 Å². The van der Waals surface area contributed by atoms with Crippen molar-refractivity contribution < 1.29 is 28.9 Å². The van der Waals surface area contributed by atoms with Crippen LogP contribution in [-0.2, 0) is 16.0 Å². The fourth-order valence-electron chi connectivity index (χ4n) is 6.16. The van der Waals surface area contributed by atoms with E-state index in [0.29, 0.717) is 44.4 Å². The van der Waals surface area contributed by atoms with Gasteiger partial charge in [-0.15, -0.1) is 0 Å². The van der Waals surface area contributed by atoms with Gasteiger partial charge in [0.2, 0.25) is 0 Å². The van der Waals surface area contributed by atoms with Crippen LogP contribution in [0.1, 0.15) is 56.7 Å². The third kappa shape index (κ3) is 5.68. The van der Waals surface area contributed by atoms with Crippen molar-refractivity contribution in [3.63, 3.8) is 0 Å². The molecule has 8 heteroatoms. The topological polar surface area (TPSA) is 88.5 Å². The number of ether oxygens (including phenoxy) is 3. The van der Waals surface area contributed by atoms with E-state index < -0.39 is 5.97 Å². The van der Waals surface area contributed by atoms with E-state index in [1.807, 2.05) is 0 Å². The van der Waals surface area contributed by atoms with Crippen molar-refractivity contribution in [1.29, 1.82) is 0 Å². The van der Waals surface area contributed by atoms with Gasteiger partial charge < -0.3 is 24.2 Å². The molecule has 35 heavy (non-hydrogen) atoms. The van der Waals surface area contributed by atoms with Crippen LogP contribution < -0.4 is 9.47 Å². The minimum Gasteiger partial charge on any atom is -0.493 e. The summed E-state index contributed by atoms with van der Waals surface area (Å²) < 4.78 is 17.0. The van der Waals surface area contributed by atoms with E-state index in [1.165, 1.54) is 11.1 Å². The van der Waals surface area contributed by atoms with Crippen molar-refractivity contribution in [2.45, 2.75) is 52.0 Å². The summed E-state index contributed by atoms with van der Waals surface area (Å²) in [6.45, 7) is 7.83. The number of fused-ring (bicyclic) bond motifs is 3. The highest BCUT2D eigenvalue weighted by Gasteiger charge is 2.40. The molecule has 0 bridgehead atoms. The highest BCUT2D eigenvalue weighted by atomic mass is 16.6. The number of methoxy groups -OCH3 is 2. The number of hydrogen-bond donors (Lipinski definition) is 1. The summed E-state index contributed by atoms with van der Waals surface area (Å²) in [5.74, 6) is 1.71. The van der Waals surface area contributed by atoms with Crippen molar-refractivity contribution in [3.05, 3.63) is 23.3 Å². The molecular weight excluding hydrogens is 448 g/mol. The smallest absolute Gasteiger partial charge is 0.409 e. The Bertz CT molecular complexity index is 911. The van der Waals surface area contributed by atoms with Crippen LogP contribution in [0.4, 0.5) is 4.79 Å². The summed E-state index contributed by atoms with van der Waals surface area (Å²) in [5, 5.41) is 9.21. The molecule has 1 amide bonds. The molecule has 0 radical (unpaired) electrons. The van der Waals surface area contributed by atoms with E-state index >= 15 is 0 Å². The number of carbonyl (C=O) groups is 2. The van der Waals surface area contributed by atoms with Gasteiger partial charge in [-0.3, -0.25) is 9.69 Å². The largest absolute Gasteiger partial charge is 0.493 e. The second kappa shape index (κ2) is 11.1. The molecule has 0 aromatic heterocycles. The second-order valence-corrected chi connectivity index (χ2v) is 10.7. The Morgan fingerprint density at radius 3 is 2.37 bits per heavy atom. The number of carbonyl (C=O) groups excluding carboxylic acids is 1. The zero-order chi connectivity index (χ0) is 25.1. The van der Waals surface area contributed by atoms with Crippen LogP contribution in [-0.4, -0.2) is 74.0 Å². The number of nitrogens with zero attached hydrogens (tertiary/aromatic N) is 2. The van der Waals surface area contributed by atoms with Gasteiger partial charge in [-0.2, -0.15) is 0 Å². The molecule has 3 aliphatic rings. The number of aliphatic carboxylic acids is 1. The lowest BCUT2D eigenvalue weighted by Crippen LogP contribution is -2.48. The van der Waals surface area contributed by atoms with Gasteiger partial charge in [0, 0.05) is 32.2 Å². The molecule has 0 unspecified atom stereocenters. The molecular formula is C27H40N2O6. The quantitative estimate of drug-likeness (QED) is 0.615. The molecule has 2 fully saturated rings. The predicted molar refractivity (Wildman–Crippen MR) is 132 cm³/mol. The minimum atomic E-state index is -0.775. The molecule has 0 saturated carbocycles. The standard InChI is InChI=1S/C27H40N2O6/c1-17(2)11-20-15-29-10-7-19-13-24(33-3)25(34-4)14-22(19)23(29)12-21(20)16-35-27(32)28-8-5-18(6-9-28)26(30)31/h13-14,17-18,20-21,23H,5-12,15-16H2,1-4H3,(H,30,31)/t20-,21+,23-/m1/s1. The molecule has 4 rings (SSSR count). The fourth-order valence-corrected chi connectivity index (χ4v) is 6.16. The van der Waals surface area contributed by atoms with Gasteiger partial charge in [0.15, 0.2) is 11.5 Å². The van der Waals surface area contributed by atoms with E-state index in [1.54, 1.807) is 19.1 Å². The highest BCUT2D eigenvalue weighted by molar-refractivity contribution is 5.71. The van der Waals surface area contributed by atoms with E-state index in [-0.39, 0.29) is 24.0 Å². The number of amides is 1. The van der Waals surface area contributed by atoms with Crippen LogP contribution in [0.25, 0.3) is 0 Å². The number of carboxylic acids is 1. The number of carboxylic acid groups (broad SMARTS) is 1. The van der Waals surface area contributed by atoms with Gasteiger partial charge in [-0.1, -0.05) is 13.8 Å². The highest BCUT2D eigenvalue weighted by Crippen LogP contribution is 2.45.